The summed E-state index contributed by atoms with van der Waals surface area (Å²) < 4.78 is 41.4. The minimum atomic E-state index is -3.82. The first kappa shape index (κ1) is 24.0. The highest BCUT2D eigenvalue weighted by Gasteiger charge is 2.29. The van der Waals surface area contributed by atoms with E-state index in [0.717, 1.165) is 11.0 Å². The summed E-state index contributed by atoms with van der Waals surface area (Å²) in [5.41, 5.74) is 1.76. The first-order valence-electron chi connectivity index (χ1n) is 11.1. The number of fused-ring (bicyclic) bond motifs is 1. The fourth-order valence-corrected chi connectivity index (χ4v) is 5.70. The van der Waals surface area contributed by atoms with E-state index in [4.69, 9.17) is 9.47 Å². The van der Waals surface area contributed by atoms with Gasteiger partial charge in [0, 0.05) is 38.3 Å². The van der Waals surface area contributed by atoms with Crippen molar-refractivity contribution in [3.63, 3.8) is 0 Å². The molecule has 2 aromatic carbocycles. The average Bonchev–Trinajstić information content (AvgIpc) is 3.13. The zero-order chi connectivity index (χ0) is 24.3. The van der Waals surface area contributed by atoms with Crippen LogP contribution in [0.15, 0.2) is 52.2 Å². The predicted molar refractivity (Wildman–Crippen MR) is 128 cm³/mol. The molecule has 2 heterocycles. The Balaban J connectivity index is 1.52. The fraction of sp³-hybridized carbons (Fsp3) is 0.391. The molecule has 0 saturated carbocycles. The Morgan fingerprint density at radius 1 is 1.09 bits per heavy atom. The van der Waals surface area contributed by atoms with E-state index < -0.39 is 10.0 Å². The molecule has 4 rings (SSSR count). The highest BCUT2D eigenvalue weighted by Crippen LogP contribution is 2.30. The summed E-state index contributed by atoms with van der Waals surface area (Å²) in [6.45, 7) is 3.79. The van der Waals surface area contributed by atoms with Crippen LogP contribution in [0.1, 0.15) is 13.3 Å². The number of anilines is 1. The van der Waals surface area contributed by atoms with Gasteiger partial charge in [-0.15, -0.1) is 0 Å². The molecule has 0 atom stereocenters. The molecule has 3 aromatic rings. The van der Waals surface area contributed by atoms with Gasteiger partial charge in [-0.1, -0.05) is 12.1 Å². The van der Waals surface area contributed by atoms with Crippen molar-refractivity contribution in [2.75, 3.05) is 38.7 Å². The number of amides is 1. The molecule has 1 aliphatic heterocycles. The van der Waals surface area contributed by atoms with Crippen LogP contribution in [-0.2, 0) is 32.6 Å². The number of hydrogen-bond acceptors (Lipinski definition) is 6. The summed E-state index contributed by atoms with van der Waals surface area (Å²) in [6, 6.07) is 12.0. The third-order valence-electron chi connectivity index (χ3n) is 5.84. The second-order valence-electron chi connectivity index (χ2n) is 7.85. The molecule has 10 nitrogen and oxygen atoms in total. The third kappa shape index (κ3) is 4.59. The van der Waals surface area contributed by atoms with Gasteiger partial charge >= 0.3 is 5.69 Å². The number of aromatic nitrogens is 2. The highest BCUT2D eigenvalue weighted by atomic mass is 32.2. The fourth-order valence-electron chi connectivity index (χ4n) is 4.11. The number of methoxy groups -OCH3 is 1. The molecule has 11 heteroatoms. The summed E-state index contributed by atoms with van der Waals surface area (Å²) in [6.07, 6.45) is 0.0508. The molecule has 1 fully saturated rings. The van der Waals surface area contributed by atoms with Crippen LogP contribution in [-0.4, -0.2) is 61.2 Å². The van der Waals surface area contributed by atoms with E-state index in [9.17, 15) is 18.0 Å². The molecule has 1 saturated heterocycles. The third-order valence-corrected chi connectivity index (χ3v) is 7.76. The van der Waals surface area contributed by atoms with E-state index in [-0.39, 0.29) is 48.3 Å². The zero-order valence-electron chi connectivity index (χ0n) is 19.2. The summed E-state index contributed by atoms with van der Waals surface area (Å²) in [5, 5.41) is 2.74. The lowest BCUT2D eigenvalue weighted by atomic mass is 10.2. The molecule has 1 aromatic heterocycles. The van der Waals surface area contributed by atoms with Gasteiger partial charge in [0.1, 0.15) is 10.6 Å². The van der Waals surface area contributed by atoms with E-state index in [2.05, 4.69) is 5.32 Å². The number of nitrogens with one attached hydrogen (secondary N) is 1. The average molecular weight is 489 g/mol. The number of imidazole rings is 1. The van der Waals surface area contributed by atoms with Gasteiger partial charge in [0.25, 0.3) is 0 Å². The molecule has 0 bridgehead atoms. The van der Waals surface area contributed by atoms with Crippen molar-refractivity contribution in [3.05, 3.63) is 52.9 Å². The molecule has 1 aliphatic rings. The van der Waals surface area contributed by atoms with E-state index in [1.54, 1.807) is 15.2 Å². The van der Waals surface area contributed by atoms with E-state index in [0.29, 0.717) is 25.4 Å². The van der Waals surface area contributed by atoms with Crippen molar-refractivity contribution in [3.8, 4) is 5.75 Å². The largest absolute Gasteiger partial charge is 0.495 e. The lowest BCUT2D eigenvalue weighted by Gasteiger charge is -2.26. The van der Waals surface area contributed by atoms with Gasteiger partial charge in [-0.2, -0.15) is 4.31 Å². The topological polar surface area (TPSA) is 112 Å². The Hall–Kier alpha value is -3.15. The first-order valence-corrected chi connectivity index (χ1v) is 12.5. The number of carbonyl (C=O) groups excluding carboxylic acids is 1. The van der Waals surface area contributed by atoms with Gasteiger partial charge in [-0.3, -0.25) is 13.9 Å². The maximum atomic E-state index is 13.1. The van der Waals surface area contributed by atoms with Gasteiger partial charge in [0.05, 0.1) is 31.4 Å². The molecular weight excluding hydrogens is 460 g/mol. The van der Waals surface area contributed by atoms with Crippen molar-refractivity contribution in [2.24, 2.45) is 0 Å². The molecule has 0 unspecified atom stereocenters. The van der Waals surface area contributed by atoms with Crippen molar-refractivity contribution < 1.29 is 22.7 Å². The Morgan fingerprint density at radius 3 is 2.41 bits per heavy atom. The van der Waals surface area contributed by atoms with Gasteiger partial charge in [0.2, 0.25) is 15.9 Å². The number of sulfonamides is 1. The standard InChI is InChI=1S/C23H28N4O6S/c1-3-26-18-6-4-5-7-19(18)27(23(26)29)11-10-22(28)24-17-8-9-20(32-2)21(16-17)34(30,31)25-12-14-33-15-13-25/h4-9,16H,3,10-15H2,1-2H3,(H,24,28). The monoisotopic (exact) mass is 488 g/mol. The van der Waals surface area contributed by atoms with Crippen LogP contribution in [0.4, 0.5) is 5.69 Å². The summed E-state index contributed by atoms with van der Waals surface area (Å²) in [7, 11) is -2.42. The van der Waals surface area contributed by atoms with Gasteiger partial charge in [-0.25, -0.2) is 13.2 Å². The lowest BCUT2D eigenvalue weighted by Crippen LogP contribution is -2.40. The Kier molecular flexibility index (Phi) is 7.05. The molecule has 0 radical (unpaired) electrons. The van der Waals surface area contributed by atoms with Gasteiger partial charge in [0.15, 0.2) is 0 Å². The zero-order valence-corrected chi connectivity index (χ0v) is 20.0. The molecule has 0 aliphatic carbocycles. The second kappa shape index (κ2) is 10.00. The van der Waals surface area contributed by atoms with Crippen molar-refractivity contribution in [1.29, 1.82) is 0 Å². The molecule has 1 amide bonds. The maximum Gasteiger partial charge on any atom is 0.329 e. The Morgan fingerprint density at radius 2 is 1.76 bits per heavy atom. The van der Waals surface area contributed by atoms with Crippen LogP contribution in [0, 0.1) is 0 Å². The second-order valence-corrected chi connectivity index (χ2v) is 9.75. The number of ether oxygens (including phenoxy) is 2. The number of rotatable bonds is 8. The highest BCUT2D eigenvalue weighted by molar-refractivity contribution is 7.89. The SMILES string of the molecule is CCn1c(=O)n(CCC(=O)Nc2ccc(OC)c(S(=O)(=O)N3CCOCC3)c2)c2ccccc21. The molecule has 0 spiro atoms. The number of nitrogens with zero attached hydrogens (tertiary/aromatic N) is 3. The smallest absolute Gasteiger partial charge is 0.329 e. The molecule has 1 N–H and O–H groups in total. The van der Waals surface area contributed by atoms with E-state index in [1.165, 1.54) is 23.5 Å². The van der Waals surface area contributed by atoms with Crippen LogP contribution in [0.2, 0.25) is 0 Å². The summed E-state index contributed by atoms with van der Waals surface area (Å²) >= 11 is 0. The summed E-state index contributed by atoms with van der Waals surface area (Å²) in [4.78, 5) is 25.4. The number of morpholine rings is 1. The number of aryl methyl sites for hydroxylation is 2. The predicted octanol–water partition coefficient (Wildman–Crippen LogP) is 1.88. The van der Waals surface area contributed by atoms with Crippen LogP contribution < -0.4 is 15.7 Å². The summed E-state index contributed by atoms with van der Waals surface area (Å²) in [5.74, 6) is -0.136. The van der Waals surface area contributed by atoms with E-state index in [1.807, 2.05) is 31.2 Å². The lowest BCUT2D eigenvalue weighted by molar-refractivity contribution is -0.116. The van der Waals surface area contributed by atoms with Crippen LogP contribution in [0.3, 0.4) is 0 Å². The minimum absolute atomic E-state index is 0.0167. The Labute approximate surface area is 197 Å². The Bertz CT molecular complexity index is 1360. The van der Waals surface area contributed by atoms with Crippen LogP contribution in [0.25, 0.3) is 11.0 Å². The number of hydrogen-bond donors (Lipinski definition) is 1. The molecular formula is C23H28N4O6S. The molecule has 182 valence electrons. The number of para-hydroxylation sites is 2. The van der Waals surface area contributed by atoms with Crippen molar-refractivity contribution >= 4 is 32.7 Å². The maximum absolute atomic E-state index is 13.1. The van der Waals surface area contributed by atoms with Crippen LogP contribution in [0.5, 0.6) is 5.75 Å². The van der Waals surface area contributed by atoms with Crippen molar-refractivity contribution in [1.82, 2.24) is 13.4 Å². The van der Waals surface area contributed by atoms with Gasteiger partial charge < -0.3 is 14.8 Å². The van der Waals surface area contributed by atoms with E-state index >= 15 is 0 Å². The van der Waals surface area contributed by atoms with Crippen molar-refractivity contribution in [2.45, 2.75) is 31.3 Å². The molecule has 34 heavy (non-hydrogen) atoms. The number of carbonyl (C=O) groups is 1. The van der Waals surface area contributed by atoms with Crippen LogP contribution >= 0.6 is 0 Å². The van der Waals surface area contributed by atoms with Gasteiger partial charge in [-0.05, 0) is 37.3 Å². The minimum Gasteiger partial charge on any atom is -0.495 e. The first-order chi connectivity index (χ1) is 16.4. The number of benzene rings is 2. The normalized spacial score (nSPS) is 14.9. The quantitative estimate of drug-likeness (QED) is 0.518.